The second-order valence-electron chi connectivity index (χ2n) is 12.9. The molecule has 3 amide bonds. The van der Waals surface area contributed by atoms with Gasteiger partial charge in [-0.25, -0.2) is 0 Å². The van der Waals surface area contributed by atoms with E-state index in [1.807, 2.05) is 70.1 Å². The maximum Gasteiger partial charge on any atom is 0.220 e. The van der Waals surface area contributed by atoms with Gasteiger partial charge in [-0.2, -0.15) is 0 Å². The second kappa shape index (κ2) is 16.0. The molecule has 0 spiro atoms. The van der Waals surface area contributed by atoms with Crippen molar-refractivity contribution in [3.63, 3.8) is 0 Å². The van der Waals surface area contributed by atoms with Crippen LogP contribution in [0.25, 0.3) is 43.1 Å². The van der Waals surface area contributed by atoms with Crippen LogP contribution in [0.5, 0.6) is 0 Å². The highest BCUT2D eigenvalue weighted by molar-refractivity contribution is 8.77. The van der Waals surface area contributed by atoms with E-state index < -0.39 is 0 Å². The molecule has 7 rings (SSSR count). The third kappa shape index (κ3) is 7.77. The van der Waals surface area contributed by atoms with Crippen LogP contribution < -0.4 is 16.0 Å². The highest BCUT2D eigenvalue weighted by atomic mass is 33.1. The highest BCUT2D eigenvalue weighted by Gasteiger charge is 2.18. The Morgan fingerprint density at radius 1 is 0.540 bits per heavy atom. The number of rotatable bonds is 13. The van der Waals surface area contributed by atoms with E-state index in [1.165, 1.54) is 12.2 Å². The topological polar surface area (TPSA) is 87.3 Å². The third-order valence-corrected chi connectivity index (χ3v) is 12.7. The Kier molecular flexibility index (Phi) is 10.9. The number of nitrogens with one attached hydrogen (secondary N) is 3. The molecule has 1 atom stereocenters. The van der Waals surface area contributed by atoms with Gasteiger partial charge < -0.3 is 16.0 Å². The first-order valence-electron chi connectivity index (χ1n) is 17.4. The van der Waals surface area contributed by atoms with E-state index in [2.05, 4.69) is 70.5 Å². The van der Waals surface area contributed by atoms with Crippen molar-refractivity contribution < 1.29 is 14.4 Å². The zero-order valence-corrected chi connectivity index (χ0v) is 29.6. The predicted octanol–water partition coefficient (Wildman–Crippen LogP) is 8.95. The Morgan fingerprint density at radius 2 is 0.940 bits per heavy atom. The number of hydrogen-bond donors (Lipinski definition) is 3. The largest absolute Gasteiger partial charge is 0.352 e. The lowest BCUT2D eigenvalue weighted by molar-refractivity contribution is -0.126. The average molecular weight is 700 g/mol. The number of carbonyl (C=O) groups is 3. The fraction of sp³-hybridized carbons (Fsp3) is 0.262. The minimum absolute atomic E-state index is 0.0830. The summed E-state index contributed by atoms with van der Waals surface area (Å²) in [7, 11) is 3.90. The predicted molar refractivity (Wildman–Crippen MR) is 210 cm³/mol. The number of benzene rings is 6. The molecule has 0 radical (unpaired) electrons. The maximum atomic E-state index is 13.1. The smallest absolute Gasteiger partial charge is 0.220 e. The normalized spacial score (nSPS) is 14.4. The zero-order chi connectivity index (χ0) is 34.3. The van der Waals surface area contributed by atoms with Crippen LogP contribution in [0.2, 0.25) is 0 Å². The Morgan fingerprint density at radius 3 is 1.38 bits per heavy atom. The summed E-state index contributed by atoms with van der Waals surface area (Å²) in [5.41, 5.74) is 3.19. The lowest BCUT2D eigenvalue weighted by Gasteiger charge is -2.18. The van der Waals surface area contributed by atoms with Gasteiger partial charge in [0.2, 0.25) is 17.7 Å². The van der Waals surface area contributed by atoms with E-state index in [4.69, 9.17) is 0 Å². The van der Waals surface area contributed by atoms with Crippen molar-refractivity contribution in [2.45, 2.75) is 63.4 Å². The summed E-state index contributed by atoms with van der Waals surface area (Å²) < 4.78 is 0. The van der Waals surface area contributed by atoms with Crippen molar-refractivity contribution >= 4 is 82.4 Å². The van der Waals surface area contributed by atoms with Gasteiger partial charge in [-0.3, -0.25) is 14.4 Å². The molecule has 6 nitrogen and oxygen atoms in total. The maximum absolute atomic E-state index is 13.1. The van der Waals surface area contributed by atoms with E-state index >= 15 is 0 Å². The summed E-state index contributed by atoms with van der Waals surface area (Å²) in [6.45, 7) is 1.18. The van der Waals surface area contributed by atoms with Crippen LogP contribution in [-0.2, 0) is 34.0 Å². The molecular weight excluding hydrogens is 659 g/mol. The zero-order valence-electron chi connectivity index (χ0n) is 28.0. The fourth-order valence-corrected chi connectivity index (χ4v) is 10.1. The molecule has 6 aromatic carbocycles. The average Bonchev–Trinajstić information content (AvgIpc) is 3.67. The van der Waals surface area contributed by atoms with Gasteiger partial charge in [0, 0.05) is 49.9 Å². The molecule has 1 saturated heterocycles. The molecule has 0 bridgehead atoms. The molecular formula is C42H41N3O3S2. The van der Waals surface area contributed by atoms with E-state index in [9.17, 15) is 14.4 Å². The van der Waals surface area contributed by atoms with E-state index in [1.54, 1.807) is 0 Å². The van der Waals surface area contributed by atoms with E-state index in [0.717, 1.165) is 72.6 Å². The number of fused-ring (bicyclic) bond motifs is 4. The molecule has 8 heteroatoms. The number of amides is 3. The molecule has 3 N–H and O–H groups in total. The van der Waals surface area contributed by atoms with Gasteiger partial charge in [0.25, 0.3) is 0 Å². The first kappa shape index (κ1) is 33.9. The Labute approximate surface area is 300 Å². The molecule has 1 aliphatic rings. The van der Waals surface area contributed by atoms with Crippen molar-refractivity contribution in [2.75, 3.05) is 5.75 Å². The summed E-state index contributed by atoms with van der Waals surface area (Å²) in [5.74, 6) is 0.967. The van der Waals surface area contributed by atoms with Gasteiger partial charge in [0.1, 0.15) is 0 Å². The van der Waals surface area contributed by atoms with Crippen molar-refractivity contribution in [2.24, 2.45) is 0 Å². The van der Waals surface area contributed by atoms with Crippen molar-refractivity contribution in [1.82, 2.24) is 16.0 Å². The molecule has 254 valence electrons. The van der Waals surface area contributed by atoms with Crippen molar-refractivity contribution in [3.05, 3.63) is 120 Å². The fourth-order valence-electron chi connectivity index (χ4n) is 7.10. The van der Waals surface area contributed by atoms with Crippen molar-refractivity contribution in [3.8, 4) is 0 Å². The van der Waals surface area contributed by atoms with Gasteiger partial charge >= 0.3 is 0 Å². The SMILES string of the molecule is O=C(CCC(=O)NCc1c2ccccc2c(CNC(=O)CCCC2CCSS2)c2ccccc12)NCc1c2ccccc2cc2ccccc12. The van der Waals surface area contributed by atoms with E-state index in [0.29, 0.717) is 31.3 Å². The van der Waals surface area contributed by atoms with Crippen LogP contribution in [-0.4, -0.2) is 28.7 Å². The standard InChI is InChI=1S/C42H41N3O3S2/c46-40(19-9-12-30-22-23-49-50-30)43-26-38-33-15-5-7-17-35(33)39(36-18-8-6-16-34(36)38)27-45-42(48)21-20-41(47)44-25-37-31-13-3-1-10-28(31)24-29-11-2-4-14-32(29)37/h1-8,10-11,13-18,24,30H,9,12,19-23,25-27H2,(H,43,46)(H,44,47)(H,45,48). The molecule has 1 aliphatic heterocycles. The van der Waals surface area contributed by atoms with Gasteiger partial charge in [0.05, 0.1) is 0 Å². The minimum Gasteiger partial charge on any atom is -0.352 e. The molecule has 0 aromatic heterocycles. The van der Waals surface area contributed by atoms with Crippen LogP contribution in [0.3, 0.4) is 0 Å². The lowest BCUT2D eigenvalue weighted by atomic mass is 9.91. The lowest BCUT2D eigenvalue weighted by Crippen LogP contribution is -2.27. The summed E-state index contributed by atoms with van der Waals surface area (Å²) in [6.07, 6.45) is 3.98. The summed E-state index contributed by atoms with van der Waals surface area (Å²) >= 11 is 0. The molecule has 6 aromatic rings. The quantitative estimate of drug-likeness (QED) is 0.0828. The van der Waals surface area contributed by atoms with E-state index in [-0.39, 0.29) is 30.6 Å². The van der Waals surface area contributed by atoms with Gasteiger partial charge in [0.15, 0.2) is 0 Å². The highest BCUT2D eigenvalue weighted by Crippen LogP contribution is 2.40. The number of hydrogen-bond acceptors (Lipinski definition) is 5. The first-order chi connectivity index (χ1) is 24.5. The number of carbonyl (C=O) groups excluding carboxylic acids is 3. The first-order valence-corrected chi connectivity index (χ1v) is 19.8. The van der Waals surface area contributed by atoms with Crippen LogP contribution in [0.15, 0.2) is 103 Å². The molecule has 0 aliphatic carbocycles. The van der Waals surface area contributed by atoms with Crippen LogP contribution >= 0.6 is 21.6 Å². The van der Waals surface area contributed by atoms with Crippen LogP contribution in [0.4, 0.5) is 0 Å². The molecule has 1 heterocycles. The Hall–Kier alpha value is -4.53. The Balaban J connectivity index is 0.985. The summed E-state index contributed by atoms with van der Waals surface area (Å²) in [4.78, 5) is 38.9. The Bertz CT molecular complexity index is 2080. The summed E-state index contributed by atoms with van der Waals surface area (Å²) in [6, 6.07) is 35.0. The van der Waals surface area contributed by atoms with Crippen LogP contribution in [0.1, 0.15) is 55.2 Å². The second-order valence-corrected chi connectivity index (χ2v) is 15.7. The molecule has 1 unspecified atom stereocenters. The monoisotopic (exact) mass is 699 g/mol. The van der Waals surface area contributed by atoms with Crippen molar-refractivity contribution in [1.29, 1.82) is 0 Å². The van der Waals surface area contributed by atoms with Gasteiger partial charge in [-0.15, -0.1) is 0 Å². The van der Waals surface area contributed by atoms with Gasteiger partial charge in [-0.05, 0) is 85.1 Å². The van der Waals surface area contributed by atoms with Crippen LogP contribution in [0, 0.1) is 0 Å². The molecule has 50 heavy (non-hydrogen) atoms. The summed E-state index contributed by atoms with van der Waals surface area (Å²) in [5, 5.41) is 18.7. The minimum atomic E-state index is -0.171. The molecule has 0 saturated carbocycles. The molecule has 1 fully saturated rings. The third-order valence-electron chi connectivity index (χ3n) is 9.66. The van der Waals surface area contributed by atoms with Gasteiger partial charge in [-0.1, -0.05) is 119 Å².